The van der Waals surface area contributed by atoms with Crippen LogP contribution in [0, 0.1) is 6.92 Å². The lowest BCUT2D eigenvalue weighted by Gasteiger charge is -2.41. The van der Waals surface area contributed by atoms with Crippen LogP contribution < -0.4 is 5.32 Å². The molecule has 2 rings (SSSR count). The highest BCUT2D eigenvalue weighted by molar-refractivity contribution is 5.92. The molecule has 0 bridgehead atoms. The number of ether oxygens (including phenoxy) is 2. The third-order valence-electron chi connectivity index (χ3n) is 4.26. The zero-order chi connectivity index (χ0) is 17.7. The summed E-state index contributed by atoms with van der Waals surface area (Å²) in [4.78, 5) is 25.9. The highest BCUT2D eigenvalue weighted by Crippen LogP contribution is 2.24. The topological polar surface area (TPSA) is 85.7 Å². The van der Waals surface area contributed by atoms with Crippen molar-refractivity contribution in [3.8, 4) is 0 Å². The summed E-state index contributed by atoms with van der Waals surface area (Å²) in [5.41, 5.74) is 0.771. The molecule has 1 aromatic rings. The molecule has 8 heteroatoms. The third kappa shape index (κ3) is 4.12. The minimum absolute atomic E-state index is 0.0285. The molecular formula is C16H26N4O4. The normalized spacial score (nSPS) is 20.9. The Morgan fingerprint density at radius 3 is 2.83 bits per heavy atom. The molecule has 0 aliphatic carbocycles. The number of hydrogen-bond acceptors (Lipinski definition) is 5. The van der Waals surface area contributed by atoms with Crippen LogP contribution in [-0.2, 0) is 25.6 Å². The van der Waals surface area contributed by atoms with Gasteiger partial charge < -0.3 is 19.7 Å². The first-order valence-corrected chi connectivity index (χ1v) is 8.11. The molecule has 1 aliphatic heterocycles. The van der Waals surface area contributed by atoms with Gasteiger partial charge in [-0.2, -0.15) is 5.10 Å². The molecule has 0 saturated carbocycles. The standard InChI is InChI=1S/C16H26N4O4/c1-5-20-12(2)14(9-17-20)18-15(22)8-16(11-23-4)10-19(13(3)21)6-7-24-16/h9H,5-8,10-11H2,1-4H3,(H,18,22)/t16-/m0/s1. The fourth-order valence-electron chi connectivity index (χ4n) is 3.00. The minimum Gasteiger partial charge on any atom is -0.382 e. The Morgan fingerprint density at radius 1 is 1.50 bits per heavy atom. The number of rotatable bonds is 6. The third-order valence-corrected chi connectivity index (χ3v) is 4.26. The molecule has 24 heavy (non-hydrogen) atoms. The Bertz CT molecular complexity index is 597. The highest BCUT2D eigenvalue weighted by atomic mass is 16.5. The fraction of sp³-hybridized carbons (Fsp3) is 0.688. The maximum Gasteiger partial charge on any atom is 0.227 e. The van der Waals surface area contributed by atoms with Crippen LogP contribution in [0.5, 0.6) is 0 Å². The van der Waals surface area contributed by atoms with Crippen molar-refractivity contribution >= 4 is 17.5 Å². The molecule has 1 N–H and O–H groups in total. The molecule has 1 fully saturated rings. The monoisotopic (exact) mass is 338 g/mol. The smallest absolute Gasteiger partial charge is 0.227 e. The SMILES string of the molecule is CCn1ncc(NC(=O)C[C@@]2(COC)CN(C(C)=O)CCO2)c1C. The van der Waals surface area contributed by atoms with Gasteiger partial charge in [-0.05, 0) is 13.8 Å². The van der Waals surface area contributed by atoms with Gasteiger partial charge in [0.05, 0.1) is 43.8 Å². The van der Waals surface area contributed by atoms with Crippen molar-refractivity contribution in [2.45, 2.75) is 39.3 Å². The minimum atomic E-state index is -0.822. The van der Waals surface area contributed by atoms with E-state index in [-0.39, 0.29) is 24.8 Å². The number of nitrogens with one attached hydrogen (secondary N) is 1. The summed E-state index contributed by atoms with van der Waals surface area (Å²) in [7, 11) is 1.56. The number of aromatic nitrogens is 2. The van der Waals surface area contributed by atoms with E-state index < -0.39 is 5.60 Å². The van der Waals surface area contributed by atoms with E-state index in [9.17, 15) is 9.59 Å². The van der Waals surface area contributed by atoms with E-state index in [4.69, 9.17) is 9.47 Å². The van der Waals surface area contributed by atoms with Crippen molar-refractivity contribution < 1.29 is 19.1 Å². The van der Waals surface area contributed by atoms with Gasteiger partial charge in [-0.1, -0.05) is 0 Å². The molecule has 2 heterocycles. The van der Waals surface area contributed by atoms with Gasteiger partial charge in [0.2, 0.25) is 11.8 Å². The van der Waals surface area contributed by atoms with Crippen LogP contribution in [0.25, 0.3) is 0 Å². The number of morpholine rings is 1. The van der Waals surface area contributed by atoms with Crippen molar-refractivity contribution in [2.24, 2.45) is 0 Å². The number of aryl methyl sites for hydroxylation is 1. The molecule has 0 spiro atoms. The Kier molecular flexibility index (Phi) is 5.95. The largest absolute Gasteiger partial charge is 0.382 e. The Morgan fingerprint density at radius 2 is 2.25 bits per heavy atom. The van der Waals surface area contributed by atoms with Crippen LogP contribution in [0.4, 0.5) is 5.69 Å². The maximum atomic E-state index is 12.5. The summed E-state index contributed by atoms with van der Waals surface area (Å²) in [6.45, 7) is 7.68. The summed E-state index contributed by atoms with van der Waals surface area (Å²) in [6.07, 6.45) is 1.75. The van der Waals surface area contributed by atoms with E-state index >= 15 is 0 Å². The van der Waals surface area contributed by atoms with E-state index in [1.165, 1.54) is 6.92 Å². The van der Waals surface area contributed by atoms with Crippen molar-refractivity contribution in [3.63, 3.8) is 0 Å². The van der Waals surface area contributed by atoms with Gasteiger partial charge in [-0.3, -0.25) is 14.3 Å². The Balaban J connectivity index is 2.07. The van der Waals surface area contributed by atoms with Crippen molar-refractivity contribution in [3.05, 3.63) is 11.9 Å². The second-order valence-electron chi connectivity index (χ2n) is 6.09. The zero-order valence-electron chi connectivity index (χ0n) is 14.8. The highest BCUT2D eigenvalue weighted by Gasteiger charge is 2.40. The van der Waals surface area contributed by atoms with E-state index in [1.54, 1.807) is 18.2 Å². The van der Waals surface area contributed by atoms with Gasteiger partial charge >= 0.3 is 0 Å². The van der Waals surface area contributed by atoms with Crippen LogP contribution in [0.15, 0.2) is 6.20 Å². The molecule has 1 aliphatic rings. The molecule has 0 aromatic carbocycles. The quantitative estimate of drug-likeness (QED) is 0.829. The lowest BCUT2D eigenvalue weighted by Crippen LogP contribution is -2.56. The first kappa shape index (κ1) is 18.4. The number of carbonyl (C=O) groups is 2. The second-order valence-corrected chi connectivity index (χ2v) is 6.09. The fourth-order valence-corrected chi connectivity index (χ4v) is 3.00. The van der Waals surface area contributed by atoms with Crippen LogP contribution in [0.1, 0.15) is 26.0 Å². The molecule has 0 unspecified atom stereocenters. The molecular weight excluding hydrogens is 312 g/mol. The van der Waals surface area contributed by atoms with Crippen molar-refractivity contribution in [1.29, 1.82) is 0 Å². The lowest BCUT2D eigenvalue weighted by atomic mass is 9.97. The average Bonchev–Trinajstić information content (AvgIpc) is 2.87. The predicted octanol–water partition coefficient (Wildman–Crippen LogP) is 0.804. The Hall–Kier alpha value is -1.93. The van der Waals surface area contributed by atoms with E-state index in [1.807, 2.05) is 18.5 Å². The van der Waals surface area contributed by atoms with Gasteiger partial charge in [0.1, 0.15) is 5.60 Å². The summed E-state index contributed by atoms with van der Waals surface area (Å²) in [5, 5.41) is 7.09. The van der Waals surface area contributed by atoms with E-state index in [0.717, 1.165) is 12.2 Å². The van der Waals surface area contributed by atoms with Crippen molar-refractivity contribution in [1.82, 2.24) is 14.7 Å². The predicted molar refractivity (Wildman–Crippen MR) is 88.7 cm³/mol. The van der Waals surface area contributed by atoms with Gasteiger partial charge in [0, 0.05) is 27.1 Å². The number of anilines is 1. The van der Waals surface area contributed by atoms with Gasteiger partial charge in [0.15, 0.2) is 0 Å². The van der Waals surface area contributed by atoms with Gasteiger partial charge in [-0.15, -0.1) is 0 Å². The summed E-state index contributed by atoms with van der Waals surface area (Å²) >= 11 is 0. The second kappa shape index (κ2) is 7.76. The van der Waals surface area contributed by atoms with Crippen LogP contribution in [-0.4, -0.2) is 65.5 Å². The van der Waals surface area contributed by atoms with Crippen LogP contribution >= 0.6 is 0 Å². The van der Waals surface area contributed by atoms with Crippen LogP contribution in [0.3, 0.4) is 0 Å². The summed E-state index contributed by atoms with van der Waals surface area (Å²) < 4.78 is 12.9. The first-order valence-electron chi connectivity index (χ1n) is 8.11. The molecule has 0 radical (unpaired) electrons. The van der Waals surface area contributed by atoms with Gasteiger partial charge in [-0.25, -0.2) is 0 Å². The first-order chi connectivity index (χ1) is 11.4. The Labute approximate surface area is 142 Å². The number of carbonyl (C=O) groups excluding carboxylic acids is 2. The van der Waals surface area contributed by atoms with E-state index in [0.29, 0.717) is 25.4 Å². The van der Waals surface area contributed by atoms with E-state index in [2.05, 4.69) is 10.4 Å². The number of hydrogen-bond donors (Lipinski definition) is 1. The number of amides is 2. The van der Waals surface area contributed by atoms with Gasteiger partial charge in [0.25, 0.3) is 0 Å². The molecule has 1 atom stereocenters. The molecule has 134 valence electrons. The zero-order valence-corrected chi connectivity index (χ0v) is 14.8. The number of methoxy groups -OCH3 is 1. The average molecular weight is 338 g/mol. The summed E-state index contributed by atoms with van der Waals surface area (Å²) in [6, 6.07) is 0. The number of nitrogens with zero attached hydrogens (tertiary/aromatic N) is 3. The molecule has 1 saturated heterocycles. The van der Waals surface area contributed by atoms with Crippen LogP contribution in [0.2, 0.25) is 0 Å². The molecule has 8 nitrogen and oxygen atoms in total. The summed E-state index contributed by atoms with van der Waals surface area (Å²) in [5.74, 6) is -0.213. The maximum absolute atomic E-state index is 12.5. The molecule has 1 aromatic heterocycles. The lowest BCUT2D eigenvalue weighted by molar-refractivity contribution is -0.164. The van der Waals surface area contributed by atoms with Crippen molar-refractivity contribution in [2.75, 3.05) is 38.7 Å². The molecule has 2 amide bonds.